The van der Waals surface area contributed by atoms with Gasteiger partial charge in [-0.25, -0.2) is 5.43 Å². The lowest BCUT2D eigenvalue weighted by molar-refractivity contribution is -0.385. The maximum atomic E-state index is 12.1. The monoisotopic (exact) mass is 454 g/mol. The molecule has 13 heteroatoms. The number of hydrazone groups is 1. The SMILES string of the molecule is O=C(Cc1nnc(NC(=O)c2ccccc2)s1)NN=Cc1cc2c(c([N+](=O)[O-])c1)OCO2. The first-order valence-corrected chi connectivity index (χ1v) is 9.90. The summed E-state index contributed by atoms with van der Waals surface area (Å²) in [5, 5.41) is 25.9. The molecule has 0 saturated heterocycles. The number of benzene rings is 2. The summed E-state index contributed by atoms with van der Waals surface area (Å²) < 4.78 is 10.3. The largest absolute Gasteiger partial charge is 0.453 e. The first-order chi connectivity index (χ1) is 15.5. The average Bonchev–Trinajstić information content (AvgIpc) is 3.43. The molecule has 0 fully saturated rings. The lowest BCUT2D eigenvalue weighted by Crippen LogP contribution is -2.19. The quantitative estimate of drug-likeness (QED) is 0.312. The van der Waals surface area contributed by atoms with Crippen LogP contribution in [0.25, 0.3) is 0 Å². The van der Waals surface area contributed by atoms with Crippen molar-refractivity contribution in [3.05, 3.63) is 68.7 Å². The Labute approximate surface area is 184 Å². The highest BCUT2D eigenvalue weighted by atomic mass is 32.1. The standard InChI is InChI=1S/C19H14N6O6S/c26-15(8-16-23-24-19(32-16)21-18(27)12-4-2-1-3-5-12)22-20-9-11-6-13(25(28)29)17-14(7-11)30-10-31-17/h1-7,9H,8,10H2,(H,22,26)(H,21,24,27). The number of nitro groups is 1. The van der Waals surface area contributed by atoms with Gasteiger partial charge in [0.1, 0.15) is 5.01 Å². The first kappa shape index (κ1) is 20.9. The number of carbonyl (C=O) groups excluding carboxylic acids is 2. The van der Waals surface area contributed by atoms with E-state index in [4.69, 9.17) is 9.47 Å². The normalized spacial score (nSPS) is 12.0. The highest BCUT2D eigenvalue weighted by Gasteiger charge is 2.26. The molecule has 2 heterocycles. The van der Waals surface area contributed by atoms with Crippen molar-refractivity contribution in [3.63, 3.8) is 0 Å². The average molecular weight is 454 g/mol. The second-order valence-electron chi connectivity index (χ2n) is 6.32. The fourth-order valence-electron chi connectivity index (χ4n) is 2.71. The number of nitrogens with one attached hydrogen (secondary N) is 2. The number of ether oxygens (including phenoxy) is 2. The molecule has 2 aromatic carbocycles. The zero-order valence-electron chi connectivity index (χ0n) is 16.2. The maximum absolute atomic E-state index is 12.1. The number of hydrogen-bond donors (Lipinski definition) is 2. The third kappa shape index (κ3) is 4.84. The van der Waals surface area contributed by atoms with Crippen molar-refractivity contribution in [2.75, 3.05) is 12.1 Å². The van der Waals surface area contributed by atoms with Gasteiger partial charge in [-0.3, -0.25) is 25.0 Å². The third-order valence-corrected chi connectivity index (χ3v) is 4.95. The van der Waals surface area contributed by atoms with Crippen LogP contribution in [0.3, 0.4) is 0 Å². The Morgan fingerprint density at radius 2 is 2.03 bits per heavy atom. The molecule has 0 saturated carbocycles. The van der Waals surface area contributed by atoms with E-state index < -0.39 is 10.8 Å². The predicted octanol–water partition coefficient (Wildman–Crippen LogP) is 2.12. The van der Waals surface area contributed by atoms with Crippen LogP contribution in [-0.4, -0.2) is 39.9 Å². The highest BCUT2D eigenvalue weighted by Crippen LogP contribution is 2.41. The molecule has 1 aromatic heterocycles. The van der Waals surface area contributed by atoms with Crippen LogP contribution in [0.4, 0.5) is 10.8 Å². The van der Waals surface area contributed by atoms with Gasteiger partial charge in [-0.1, -0.05) is 29.5 Å². The molecule has 3 aromatic rings. The molecule has 2 N–H and O–H groups in total. The van der Waals surface area contributed by atoms with Crippen LogP contribution >= 0.6 is 11.3 Å². The second-order valence-corrected chi connectivity index (χ2v) is 7.38. The molecule has 0 atom stereocenters. The molecule has 32 heavy (non-hydrogen) atoms. The number of nitrogens with zero attached hydrogens (tertiary/aromatic N) is 4. The minimum absolute atomic E-state index is 0.0580. The van der Waals surface area contributed by atoms with E-state index >= 15 is 0 Å². The molecule has 2 amide bonds. The fraction of sp³-hybridized carbons (Fsp3) is 0.105. The van der Waals surface area contributed by atoms with Crippen molar-refractivity contribution in [1.82, 2.24) is 15.6 Å². The molecule has 0 spiro atoms. The van der Waals surface area contributed by atoms with Crippen molar-refractivity contribution >= 4 is 40.2 Å². The van der Waals surface area contributed by atoms with Crippen LogP contribution < -0.4 is 20.2 Å². The Hall–Kier alpha value is -4.39. The zero-order chi connectivity index (χ0) is 22.5. The molecule has 4 rings (SSSR count). The summed E-state index contributed by atoms with van der Waals surface area (Å²) in [5.74, 6) is -0.526. The van der Waals surface area contributed by atoms with Crippen molar-refractivity contribution in [1.29, 1.82) is 0 Å². The van der Waals surface area contributed by atoms with E-state index in [2.05, 4.69) is 26.0 Å². The van der Waals surface area contributed by atoms with Crippen LogP contribution in [0.1, 0.15) is 20.9 Å². The van der Waals surface area contributed by atoms with Crippen molar-refractivity contribution in [3.8, 4) is 11.5 Å². The van der Waals surface area contributed by atoms with E-state index in [1.807, 2.05) is 0 Å². The summed E-state index contributed by atoms with van der Waals surface area (Å²) in [5.41, 5.74) is 2.88. The summed E-state index contributed by atoms with van der Waals surface area (Å²) in [6.45, 7) is -0.108. The number of rotatable bonds is 7. The van der Waals surface area contributed by atoms with Crippen LogP contribution in [0.2, 0.25) is 0 Å². The van der Waals surface area contributed by atoms with E-state index in [1.165, 1.54) is 18.3 Å². The first-order valence-electron chi connectivity index (χ1n) is 9.08. The molecule has 0 unspecified atom stereocenters. The van der Waals surface area contributed by atoms with E-state index in [9.17, 15) is 19.7 Å². The van der Waals surface area contributed by atoms with E-state index in [0.717, 1.165) is 11.3 Å². The van der Waals surface area contributed by atoms with Gasteiger partial charge in [0.2, 0.25) is 23.6 Å². The number of carbonyl (C=O) groups is 2. The van der Waals surface area contributed by atoms with Gasteiger partial charge in [0, 0.05) is 17.2 Å². The van der Waals surface area contributed by atoms with E-state index in [0.29, 0.717) is 16.1 Å². The van der Waals surface area contributed by atoms with Crippen LogP contribution in [0.5, 0.6) is 11.5 Å². The molecular formula is C19H14N6O6S. The maximum Gasteiger partial charge on any atom is 0.315 e. The van der Waals surface area contributed by atoms with Gasteiger partial charge in [0.15, 0.2) is 5.75 Å². The summed E-state index contributed by atoms with van der Waals surface area (Å²) in [6, 6.07) is 11.4. The zero-order valence-corrected chi connectivity index (χ0v) is 17.0. The molecule has 12 nitrogen and oxygen atoms in total. The van der Waals surface area contributed by atoms with Gasteiger partial charge in [-0.05, 0) is 18.2 Å². The van der Waals surface area contributed by atoms with E-state index in [-0.39, 0.29) is 41.4 Å². The number of aromatic nitrogens is 2. The fourth-order valence-corrected chi connectivity index (χ4v) is 3.45. The van der Waals surface area contributed by atoms with Gasteiger partial charge in [-0.15, -0.1) is 10.2 Å². The van der Waals surface area contributed by atoms with Crippen molar-refractivity contribution in [2.45, 2.75) is 6.42 Å². The van der Waals surface area contributed by atoms with Gasteiger partial charge in [0.05, 0.1) is 17.6 Å². The summed E-state index contributed by atoms with van der Waals surface area (Å²) >= 11 is 1.06. The number of amides is 2. The predicted molar refractivity (Wildman–Crippen MR) is 113 cm³/mol. The molecule has 162 valence electrons. The Bertz CT molecular complexity index is 1210. The number of hydrogen-bond acceptors (Lipinski definition) is 10. The highest BCUT2D eigenvalue weighted by molar-refractivity contribution is 7.15. The summed E-state index contributed by atoms with van der Waals surface area (Å²) in [6.07, 6.45) is 1.13. The van der Waals surface area contributed by atoms with Gasteiger partial charge >= 0.3 is 5.69 Å². The lowest BCUT2D eigenvalue weighted by Gasteiger charge is -2.00. The van der Waals surface area contributed by atoms with Gasteiger partial charge < -0.3 is 9.47 Å². The summed E-state index contributed by atoms with van der Waals surface area (Å²) in [7, 11) is 0. The smallest absolute Gasteiger partial charge is 0.315 e. The molecular weight excluding hydrogens is 440 g/mol. The van der Waals surface area contributed by atoms with Crippen molar-refractivity contribution in [2.24, 2.45) is 5.10 Å². The molecule has 0 radical (unpaired) electrons. The Morgan fingerprint density at radius 1 is 1.22 bits per heavy atom. The molecule has 1 aliphatic rings. The Kier molecular flexibility index (Phi) is 5.98. The Morgan fingerprint density at radius 3 is 2.81 bits per heavy atom. The minimum atomic E-state index is -0.590. The van der Waals surface area contributed by atoms with Crippen LogP contribution in [-0.2, 0) is 11.2 Å². The third-order valence-electron chi connectivity index (χ3n) is 4.11. The topological polar surface area (TPSA) is 158 Å². The van der Waals surface area contributed by atoms with Crippen LogP contribution in [0.15, 0.2) is 47.6 Å². The summed E-state index contributed by atoms with van der Waals surface area (Å²) in [4.78, 5) is 34.8. The van der Waals surface area contributed by atoms with Gasteiger partial charge in [-0.2, -0.15) is 5.10 Å². The number of fused-ring (bicyclic) bond motifs is 1. The molecule has 1 aliphatic heterocycles. The number of nitro benzene ring substituents is 1. The Balaban J connectivity index is 1.33. The number of anilines is 1. The lowest BCUT2D eigenvalue weighted by atomic mass is 10.2. The van der Waals surface area contributed by atoms with E-state index in [1.54, 1.807) is 30.3 Å². The minimum Gasteiger partial charge on any atom is -0.453 e. The van der Waals surface area contributed by atoms with Gasteiger partial charge in [0.25, 0.3) is 5.91 Å². The molecule has 0 aliphatic carbocycles. The second kappa shape index (κ2) is 9.18. The van der Waals surface area contributed by atoms with Crippen molar-refractivity contribution < 1.29 is 24.0 Å². The van der Waals surface area contributed by atoms with Crippen LogP contribution in [0, 0.1) is 10.1 Å². The molecule has 0 bridgehead atoms.